The molecule has 0 bridgehead atoms. The van der Waals surface area contributed by atoms with Gasteiger partial charge < -0.3 is 5.11 Å². The van der Waals surface area contributed by atoms with Gasteiger partial charge in [0.25, 0.3) is 0 Å². The molecule has 66 valence electrons. The van der Waals surface area contributed by atoms with Gasteiger partial charge in [-0.2, -0.15) is 0 Å². The van der Waals surface area contributed by atoms with Gasteiger partial charge in [0.1, 0.15) is 10.9 Å². The summed E-state index contributed by atoms with van der Waals surface area (Å²) in [6, 6.07) is 0. The van der Waals surface area contributed by atoms with Crippen molar-refractivity contribution in [3.8, 4) is 0 Å². The number of thiocarbonyl (C=S) groups is 1. The third kappa shape index (κ3) is 1.75. The number of carboxylic acid groups (broad SMARTS) is 1. The van der Waals surface area contributed by atoms with Crippen LogP contribution >= 0.6 is 24.0 Å². The number of aliphatic carboxylic acids is 1. The molecule has 1 N–H and O–H groups in total. The second kappa shape index (κ2) is 3.40. The summed E-state index contributed by atoms with van der Waals surface area (Å²) in [4.78, 5) is 22.6. The number of thioether (sulfide) groups is 1. The van der Waals surface area contributed by atoms with Gasteiger partial charge in [-0.15, -0.1) is 0 Å². The van der Waals surface area contributed by atoms with Gasteiger partial charge in [0, 0.05) is 0 Å². The highest BCUT2D eigenvalue weighted by Crippen LogP contribution is 2.26. The minimum Gasteiger partial charge on any atom is -0.480 e. The molecule has 1 aliphatic heterocycles. The first-order valence-electron chi connectivity index (χ1n) is 3.26. The lowest BCUT2D eigenvalue weighted by Gasteiger charge is -2.10. The van der Waals surface area contributed by atoms with Crippen molar-refractivity contribution < 1.29 is 14.7 Å². The number of nitrogens with zero attached hydrogens (tertiary/aromatic N) is 1. The van der Waals surface area contributed by atoms with Crippen molar-refractivity contribution in [2.75, 3.05) is 6.54 Å². The molecule has 1 saturated heterocycles. The van der Waals surface area contributed by atoms with Crippen molar-refractivity contribution in [2.45, 2.75) is 12.2 Å². The largest absolute Gasteiger partial charge is 0.480 e. The summed E-state index contributed by atoms with van der Waals surface area (Å²) in [5.41, 5.74) is 0. The molecule has 0 saturated carbocycles. The van der Waals surface area contributed by atoms with E-state index in [-0.39, 0.29) is 17.7 Å². The van der Waals surface area contributed by atoms with E-state index in [4.69, 9.17) is 17.3 Å². The summed E-state index contributed by atoms with van der Waals surface area (Å²) in [7, 11) is 0. The van der Waals surface area contributed by atoms with Gasteiger partial charge >= 0.3 is 5.97 Å². The summed E-state index contributed by atoms with van der Waals surface area (Å²) in [5.74, 6) is -1.26. The van der Waals surface area contributed by atoms with Gasteiger partial charge in [-0.05, 0) is 6.92 Å². The van der Waals surface area contributed by atoms with Crippen LogP contribution < -0.4 is 0 Å². The highest BCUT2D eigenvalue weighted by atomic mass is 32.2. The number of carbonyl (C=O) groups excluding carboxylic acids is 1. The Labute approximate surface area is 78.9 Å². The van der Waals surface area contributed by atoms with Crippen LogP contribution in [0.5, 0.6) is 0 Å². The average Bonchev–Trinajstić information content (AvgIpc) is 2.16. The number of amides is 1. The van der Waals surface area contributed by atoms with Gasteiger partial charge in [-0.1, -0.05) is 24.0 Å². The summed E-state index contributed by atoms with van der Waals surface area (Å²) < 4.78 is 0.356. The lowest BCUT2D eigenvalue weighted by molar-refractivity contribution is -0.141. The molecule has 0 spiro atoms. The Morgan fingerprint density at radius 1 is 1.83 bits per heavy atom. The Morgan fingerprint density at radius 3 is 2.75 bits per heavy atom. The standard InChI is InChI=1S/C6H7NO3S2/c1-3-5(10)7(2-4(8)9)6(11)12-3/h3H,2H2,1H3,(H,8,9)/t3-/m0/s1. The van der Waals surface area contributed by atoms with Crippen LogP contribution in [-0.4, -0.2) is 38.0 Å². The molecule has 6 heteroatoms. The lowest BCUT2D eigenvalue weighted by atomic mass is 10.4. The molecule has 0 aromatic rings. The Balaban J connectivity index is 2.70. The molecule has 1 fully saturated rings. The van der Waals surface area contributed by atoms with Gasteiger partial charge in [0.15, 0.2) is 0 Å². The van der Waals surface area contributed by atoms with E-state index in [2.05, 4.69) is 0 Å². The van der Waals surface area contributed by atoms with E-state index in [9.17, 15) is 9.59 Å². The fraction of sp³-hybridized carbons (Fsp3) is 0.500. The molecule has 1 atom stereocenters. The first-order valence-corrected chi connectivity index (χ1v) is 4.55. The van der Waals surface area contributed by atoms with Crippen molar-refractivity contribution in [1.29, 1.82) is 0 Å². The van der Waals surface area contributed by atoms with E-state index in [1.54, 1.807) is 6.92 Å². The maximum Gasteiger partial charge on any atom is 0.323 e. The fourth-order valence-corrected chi connectivity index (χ4v) is 2.25. The summed E-state index contributed by atoms with van der Waals surface area (Å²) in [6.07, 6.45) is 0. The Bertz CT molecular complexity index is 253. The van der Waals surface area contributed by atoms with Crippen LogP contribution in [0.3, 0.4) is 0 Å². The first-order chi connectivity index (χ1) is 5.52. The zero-order chi connectivity index (χ0) is 9.30. The fourth-order valence-electron chi connectivity index (χ4n) is 0.852. The highest BCUT2D eigenvalue weighted by Gasteiger charge is 2.34. The van der Waals surface area contributed by atoms with Crippen LogP contribution in [0.25, 0.3) is 0 Å². The molecule has 1 heterocycles. The van der Waals surface area contributed by atoms with Crippen LogP contribution in [0.2, 0.25) is 0 Å². The van der Waals surface area contributed by atoms with Gasteiger partial charge in [-0.3, -0.25) is 14.5 Å². The highest BCUT2D eigenvalue weighted by molar-refractivity contribution is 8.24. The smallest absolute Gasteiger partial charge is 0.323 e. The molecule has 0 radical (unpaired) electrons. The molecule has 4 nitrogen and oxygen atoms in total. The molecule has 0 aromatic carbocycles. The predicted octanol–water partition coefficient (Wildman–Crippen LogP) is 0.320. The number of hydrogen-bond acceptors (Lipinski definition) is 4. The van der Waals surface area contributed by atoms with Crippen LogP contribution in [0.15, 0.2) is 0 Å². The summed E-state index contributed by atoms with van der Waals surface area (Å²) >= 11 is 6.04. The van der Waals surface area contributed by atoms with E-state index in [0.29, 0.717) is 4.32 Å². The van der Waals surface area contributed by atoms with Crippen LogP contribution in [0.1, 0.15) is 6.92 Å². The maximum absolute atomic E-state index is 11.2. The molecular formula is C6H7NO3S2. The van der Waals surface area contributed by atoms with Gasteiger partial charge in [-0.25, -0.2) is 0 Å². The van der Waals surface area contributed by atoms with E-state index in [1.165, 1.54) is 11.8 Å². The number of hydrogen-bond donors (Lipinski definition) is 1. The number of carboxylic acids is 1. The van der Waals surface area contributed by atoms with Crippen molar-refractivity contribution >= 4 is 40.2 Å². The molecule has 12 heavy (non-hydrogen) atoms. The summed E-state index contributed by atoms with van der Waals surface area (Å²) in [6.45, 7) is 1.39. The van der Waals surface area contributed by atoms with Crippen molar-refractivity contribution in [2.24, 2.45) is 0 Å². The van der Waals surface area contributed by atoms with Crippen molar-refractivity contribution in [1.82, 2.24) is 4.90 Å². The molecule has 1 amide bonds. The van der Waals surface area contributed by atoms with Crippen molar-refractivity contribution in [3.63, 3.8) is 0 Å². The molecular weight excluding hydrogens is 198 g/mol. The summed E-state index contributed by atoms with van der Waals surface area (Å²) in [5, 5.41) is 8.19. The third-order valence-electron chi connectivity index (χ3n) is 1.41. The van der Waals surface area contributed by atoms with Crippen LogP contribution in [-0.2, 0) is 9.59 Å². The third-order valence-corrected chi connectivity index (χ3v) is 2.89. The van der Waals surface area contributed by atoms with Gasteiger partial charge in [0.2, 0.25) is 5.91 Å². The van der Waals surface area contributed by atoms with Crippen LogP contribution in [0, 0.1) is 0 Å². The van der Waals surface area contributed by atoms with E-state index < -0.39 is 5.97 Å². The zero-order valence-corrected chi connectivity index (χ0v) is 7.94. The molecule has 1 aliphatic rings. The number of rotatable bonds is 2. The minimum absolute atomic E-state index is 0.215. The van der Waals surface area contributed by atoms with Gasteiger partial charge in [0.05, 0.1) is 5.25 Å². The SMILES string of the molecule is C[C@@H]1SC(=S)N(CC(=O)O)C1=O. The predicted molar refractivity (Wildman–Crippen MR) is 49.0 cm³/mol. The molecule has 0 aliphatic carbocycles. The molecule has 0 aromatic heterocycles. The van der Waals surface area contributed by atoms with E-state index >= 15 is 0 Å². The van der Waals surface area contributed by atoms with E-state index in [0.717, 1.165) is 4.90 Å². The average molecular weight is 205 g/mol. The zero-order valence-electron chi connectivity index (χ0n) is 6.31. The lowest BCUT2D eigenvalue weighted by Crippen LogP contribution is -2.35. The van der Waals surface area contributed by atoms with Crippen LogP contribution in [0.4, 0.5) is 0 Å². The normalized spacial score (nSPS) is 23.4. The maximum atomic E-state index is 11.2. The molecule has 0 unspecified atom stereocenters. The second-order valence-electron chi connectivity index (χ2n) is 2.34. The Hall–Kier alpha value is -0.620. The Kier molecular flexibility index (Phi) is 2.69. The quantitative estimate of drug-likeness (QED) is 0.658. The molecule has 1 rings (SSSR count). The van der Waals surface area contributed by atoms with E-state index in [1.807, 2.05) is 0 Å². The minimum atomic E-state index is -1.04. The second-order valence-corrected chi connectivity index (χ2v) is 4.32. The topological polar surface area (TPSA) is 57.6 Å². The monoisotopic (exact) mass is 205 g/mol. The Morgan fingerprint density at radius 2 is 2.42 bits per heavy atom. The van der Waals surface area contributed by atoms with Crippen molar-refractivity contribution in [3.05, 3.63) is 0 Å². The first kappa shape index (κ1) is 9.47. The number of carbonyl (C=O) groups is 2.